The van der Waals surface area contributed by atoms with Crippen molar-refractivity contribution in [2.45, 2.75) is 45.6 Å². The monoisotopic (exact) mass is 466 g/mol. The number of methoxy groups -OCH3 is 1. The molecule has 0 bridgehead atoms. The second-order valence-corrected chi connectivity index (χ2v) is 8.77. The van der Waals surface area contributed by atoms with E-state index in [1.807, 2.05) is 30.3 Å². The summed E-state index contributed by atoms with van der Waals surface area (Å²) in [5.74, 6) is -0.114. The molecule has 1 heterocycles. The van der Waals surface area contributed by atoms with Gasteiger partial charge in [-0.3, -0.25) is 14.9 Å². The maximum atomic E-state index is 12.5. The molecule has 0 spiro atoms. The van der Waals surface area contributed by atoms with Crippen LogP contribution in [-0.2, 0) is 14.3 Å². The quantitative estimate of drug-likeness (QED) is 0.629. The molecule has 0 aliphatic carbocycles. The number of rotatable bonds is 7. The summed E-state index contributed by atoms with van der Waals surface area (Å²) < 4.78 is 10.5. The van der Waals surface area contributed by atoms with Crippen molar-refractivity contribution in [1.82, 2.24) is 5.01 Å². The van der Waals surface area contributed by atoms with Crippen molar-refractivity contribution in [1.29, 1.82) is 0 Å². The molecular weight excluding hydrogens is 436 g/mol. The van der Waals surface area contributed by atoms with E-state index in [1.165, 1.54) is 12.1 Å². The Morgan fingerprint density at radius 3 is 2.44 bits per heavy atom. The number of benzene rings is 2. The highest BCUT2D eigenvalue weighted by Crippen LogP contribution is 2.28. The summed E-state index contributed by atoms with van der Waals surface area (Å²) >= 11 is 0. The van der Waals surface area contributed by atoms with Crippen LogP contribution in [-0.4, -0.2) is 47.9 Å². The third-order valence-corrected chi connectivity index (χ3v) is 4.88. The maximum absolute atomic E-state index is 12.5. The van der Waals surface area contributed by atoms with Crippen molar-refractivity contribution >= 4 is 35.0 Å². The molecule has 0 fully saturated rings. The molecule has 0 atom stereocenters. The van der Waals surface area contributed by atoms with Crippen molar-refractivity contribution in [3.63, 3.8) is 0 Å². The number of nitrogens with zero attached hydrogens (tertiary/aromatic N) is 2. The third kappa shape index (κ3) is 7.06. The number of ether oxygens (including phenoxy) is 2. The van der Waals surface area contributed by atoms with Gasteiger partial charge in [0, 0.05) is 24.9 Å². The fourth-order valence-electron chi connectivity index (χ4n) is 3.34. The Kier molecular flexibility index (Phi) is 7.88. The number of amides is 3. The Morgan fingerprint density at radius 1 is 1.03 bits per heavy atom. The first-order valence-corrected chi connectivity index (χ1v) is 11.1. The van der Waals surface area contributed by atoms with Crippen LogP contribution in [0.4, 0.5) is 16.2 Å². The van der Waals surface area contributed by atoms with Gasteiger partial charge in [0.2, 0.25) is 11.8 Å². The topological polar surface area (TPSA) is 109 Å². The van der Waals surface area contributed by atoms with Crippen LogP contribution in [0.1, 0.15) is 45.6 Å². The lowest BCUT2D eigenvalue weighted by atomic mass is 10.1. The largest absolute Gasteiger partial charge is 0.495 e. The van der Waals surface area contributed by atoms with Crippen molar-refractivity contribution < 1.29 is 23.9 Å². The van der Waals surface area contributed by atoms with Crippen LogP contribution < -0.4 is 15.4 Å². The summed E-state index contributed by atoms with van der Waals surface area (Å²) in [6.45, 7) is 5.79. The number of hydrogen-bond donors (Lipinski definition) is 2. The van der Waals surface area contributed by atoms with E-state index in [2.05, 4.69) is 15.7 Å². The van der Waals surface area contributed by atoms with E-state index in [-0.39, 0.29) is 24.7 Å². The Morgan fingerprint density at radius 2 is 1.76 bits per heavy atom. The van der Waals surface area contributed by atoms with E-state index < -0.39 is 11.7 Å². The lowest BCUT2D eigenvalue weighted by Crippen LogP contribution is -2.27. The fraction of sp³-hybridized carbons (Fsp3) is 0.360. The summed E-state index contributed by atoms with van der Waals surface area (Å²) in [5.41, 5.74) is 2.00. The van der Waals surface area contributed by atoms with Crippen molar-refractivity contribution in [2.24, 2.45) is 5.10 Å². The van der Waals surface area contributed by atoms with Gasteiger partial charge in [-0.15, -0.1) is 0 Å². The van der Waals surface area contributed by atoms with Crippen LogP contribution in [0.5, 0.6) is 5.75 Å². The highest BCUT2D eigenvalue weighted by Gasteiger charge is 2.22. The van der Waals surface area contributed by atoms with Gasteiger partial charge in [0.15, 0.2) is 0 Å². The summed E-state index contributed by atoms with van der Waals surface area (Å²) in [5, 5.41) is 11.2. The number of anilines is 2. The molecule has 2 aromatic rings. The minimum Gasteiger partial charge on any atom is -0.495 e. The predicted molar refractivity (Wildman–Crippen MR) is 130 cm³/mol. The normalized spacial score (nSPS) is 13.2. The molecule has 180 valence electrons. The predicted octanol–water partition coefficient (Wildman–Crippen LogP) is 4.40. The van der Waals surface area contributed by atoms with E-state index in [1.54, 1.807) is 39.0 Å². The summed E-state index contributed by atoms with van der Waals surface area (Å²) in [4.78, 5) is 37.1. The smallest absolute Gasteiger partial charge is 0.412 e. The van der Waals surface area contributed by atoms with Gasteiger partial charge in [-0.1, -0.05) is 30.3 Å². The number of nitrogens with one attached hydrogen (secondary N) is 2. The minimum atomic E-state index is -0.656. The lowest BCUT2D eigenvalue weighted by molar-refractivity contribution is -0.132. The average molecular weight is 467 g/mol. The minimum absolute atomic E-state index is 0.00633. The molecular formula is C25H30N4O5. The Labute approximate surface area is 199 Å². The van der Waals surface area contributed by atoms with Gasteiger partial charge in [0.1, 0.15) is 11.4 Å². The van der Waals surface area contributed by atoms with Gasteiger partial charge >= 0.3 is 6.09 Å². The van der Waals surface area contributed by atoms with Gasteiger partial charge in [-0.2, -0.15) is 5.10 Å². The number of hydrogen-bond acceptors (Lipinski definition) is 6. The van der Waals surface area contributed by atoms with Gasteiger partial charge in [0.05, 0.1) is 25.1 Å². The first kappa shape index (κ1) is 24.8. The molecule has 0 unspecified atom stereocenters. The second-order valence-electron chi connectivity index (χ2n) is 8.77. The molecule has 2 N–H and O–H groups in total. The number of hydrazone groups is 1. The molecule has 3 rings (SSSR count). The Bertz CT molecular complexity index is 1080. The van der Waals surface area contributed by atoms with Gasteiger partial charge in [-0.05, 0) is 44.5 Å². The van der Waals surface area contributed by atoms with E-state index in [4.69, 9.17) is 9.47 Å². The van der Waals surface area contributed by atoms with Crippen molar-refractivity contribution in [2.75, 3.05) is 24.3 Å². The van der Waals surface area contributed by atoms with Crippen molar-refractivity contribution in [3.05, 3.63) is 54.1 Å². The zero-order valence-corrected chi connectivity index (χ0v) is 19.9. The van der Waals surface area contributed by atoms with E-state index in [9.17, 15) is 14.4 Å². The van der Waals surface area contributed by atoms with E-state index >= 15 is 0 Å². The molecule has 2 aromatic carbocycles. The van der Waals surface area contributed by atoms with Gasteiger partial charge in [0.25, 0.3) is 0 Å². The van der Waals surface area contributed by atoms with E-state index in [0.29, 0.717) is 30.1 Å². The highest BCUT2D eigenvalue weighted by atomic mass is 16.6. The highest BCUT2D eigenvalue weighted by molar-refractivity contribution is 6.03. The second kappa shape index (κ2) is 10.8. The van der Waals surface area contributed by atoms with Crippen LogP contribution in [0.2, 0.25) is 0 Å². The molecule has 0 aromatic heterocycles. The van der Waals surface area contributed by atoms with Crippen LogP contribution in [0.25, 0.3) is 0 Å². The van der Waals surface area contributed by atoms with Gasteiger partial charge < -0.3 is 14.8 Å². The lowest BCUT2D eigenvalue weighted by Gasteiger charge is -2.20. The van der Waals surface area contributed by atoms with Crippen LogP contribution >= 0.6 is 0 Å². The Hall–Kier alpha value is -3.88. The first-order chi connectivity index (χ1) is 16.1. The molecule has 0 saturated carbocycles. The SMILES string of the molecule is COc1ccc(NC(=O)CCC(=O)N2CCC(c3ccccc3)=N2)cc1NC(=O)OC(C)(C)C. The molecule has 9 nitrogen and oxygen atoms in total. The zero-order valence-electron chi connectivity index (χ0n) is 19.9. The standard InChI is InChI=1S/C25H30N4O5/c1-25(2,3)34-24(32)27-20-16-18(10-11-21(20)33-4)26-22(30)12-13-23(31)29-15-14-19(28-29)17-8-6-5-7-9-17/h5-11,16H,12-15H2,1-4H3,(H,26,30)(H,27,32). The number of carbonyl (C=O) groups is 3. The number of carbonyl (C=O) groups excluding carboxylic acids is 3. The van der Waals surface area contributed by atoms with Crippen LogP contribution in [0, 0.1) is 0 Å². The van der Waals surface area contributed by atoms with Crippen LogP contribution in [0.3, 0.4) is 0 Å². The Balaban J connectivity index is 1.55. The molecule has 1 aliphatic rings. The fourth-order valence-corrected chi connectivity index (χ4v) is 3.34. The van der Waals surface area contributed by atoms with Crippen molar-refractivity contribution in [3.8, 4) is 5.75 Å². The zero-order chi connectivity index (χ0) is 24.7. The summed E-state index contributed by atoms with van der Waals surface area (Å²) in [6.07, 6.45) is 0.0883. The molecule has 0 radical (unpaired) electrons. The van der Waals surface area contributed by atoms with Crippen LogP contribution in [0.15, 0.2) is 53.6 Å². The summed E-state index contributed by atoms with van der Waals surface area (Å²) in [6, 6.07) is 14.6. The van der Waals surface area contributed by atoms with E-state index in [0.717, 1.165) is 11.3 Å². The molecule has 34 heavy (non-hydrogen) atoms. The molecule has 3 amide bonds. The molecule has 1 aliphatic heterocycles. The maximum Gasteiger partial charge on any atom is 0.412 e. The summed E-state index contributed by atoms with van der Waals surface area (Å²) in [7, 11) is 1.48. The molecule has 0 saturated heterocycles. The first-order valence-electron chi connectivity index (χ1n) is 11.1. The average Bonchev–Trinajstić information content (AvgIpc) is 3.27. The van der Waals surface area contributed by atoms with Gasteiger partial charge in [-0.25, -0.2) is 9.80 Å². The third-order valence-electron chi connectivity index (χ3n) is 4.88. The molecule has 9 heteroatoms.